The summed E-state index contributed by atoms with van der Waals surface area (Å²) in [6.45, 7) is 4.47. The molecule has 1 heterocycles. The maximum absolute atomic E-state index is 5.61. The van der Waals surface area contributed by atoms with Crippen LogP contribution in [0.25, 0.3) is 11.3 Å². The van der Waals surface area contributed by atoms with E-state index in [-0.39, 0.29) is 6.04 Å². The molecular weight excluding hydrogens is 442 g/mol. The number of unbranched alkanes of at least 4 members (excludes halogenated alkanes) is 2. The lowest BCUT2D eigenvalue weighted by Crippen LogP contribution is -2.17. The molecule has 3 aromatic carbocycles. The second kappa shape index (κ2) is 12.4. The fourth-order valence-corrected chi connectivity index (χ4v) is 4.60. The predicted molar refractivity (Wildman–Crippen MR) is 151 cm³/mol. The molecule has 0 saturated carbocycles. The van der Waals surface area contributed by atoms with Gasteiger partial charge in [-0.25, -0.2) is 4.98 Å². The lowest BCUT2D eigenvalue weighted by atomic mass is 10.0. The van der Waals surface area contributed by atoms with Crippen LogP contribution in [0, 0.1) is 0 Å². The van der Waals surface area contributed by atoms with Crippen molar-refractivity contribution in [2.24, 2.45) is 7.05 Å². The normalized spacial score (nSPS) is 11.9. The molecule has 36 heavy (non-hydrogen) atoms. The van der Waals surface area contributed by atoms with Gasteiger partial charge in [0.25, 0.3) is 0 Å². The number of nitrogens with one attached hydrogen (secondary N) is 1. The van der Waals surface area contributed by atoms with Crippen molar-refractivity contribution in [3.63, 3.8) is 0 Å². The van der Waals surface area contributed by atoms with E-state index in [4.69, 9.17) is 9.72 Å². The summed E-state index contributed by atoms with van der Waals surface area (Å²) in [5.74, 6) is 1.79. The summed E-state index contributed by atoms with van der Waals surface area (Å²) in [5.41, 5.74) is 6.97. The van der Waals surface area contributed by atoms with Crippen LogP contribution >= 0.6 is 0 Å². The molecule has 0 aliphatic carbocycles. The molecule has 0 aliphatic heterocycles. The Kier molecular flexibility index (Phi) is 8.83. The zero-order chi connectivity index (χ0) is 25.3. The number of hydrogen-bond donors (Lipinski definition) is 1. The SMILES string of the molecule is CCCCc1ccc(NC(c2ccc(CCCC)cc2)c2nc(-c3ccccc3OC)cn2C)cc1. The van der Waals surface area contributed by atoms with Crippen molar-refractivity contribution in [1.29, 1.82) is 0 Å². The minimum atomic E-state index is -0.0832. The first-order valence-electron chi connectivity index (χ1n) is 13.2. The van der Waals surface area contributed by atoms with Crippen LogP contribution in [-0.4, -0.2) is 16.7 Å². The second-order valence-corrected chi connectivity index (χ2v) is 9.52. The zero-order valence-corrected chi connectivity index (χ0v) is 22.1. The van der Waals surface area contributed by atoms with Crippen LogP contribution in [0.5, 0.6) is 5.75 Å². The number of imidazole rings is 1. The number of methoxy groups -OCH3 is 1. The maximum atomic E-state index is 5.61. The van der Waals surface area contributed by atoms with Gasteiger partial charge in [0.15, 0.2) is 0 Å². The van der Waals surface area contributed by atoms with Gasteiger partial charge in [0.2, 0.25) is 0 Å². The summed E-state index contributed by atoms with van der Waals surface area (Å²) in [6.07, 6.45) is 9.19. The lowest BCUT2D eigenvalue weighted by molar-refractivity contribution is 0.416. The van der Waals surface area contributed by atoms with Gasteiger partial charge in [-0.15, -0.1) is 0 Å². The van der Waals surface area contributed by atoms with Gasteiger partial charge in [0, 0.05) is 24.5 Å². The number of ether oxygens (including phenoxy) is 1. The van der Waals surface area contributed by atoms with Crippen molar-refractivity contribution in [1.82, 2.24) is 9.55 Å². The molecular formula is C32H39N3O. The summed E-state index contributed by atoms with van der Waals surface area (Å²) >= 11 is 0. The van der Waals surface area contributed by atoms with E-state index >= 15 is 0 Å². The summed E-state index contributed by atoms with van der Waals surface area (Å²) in [4.78, 5) is 5.11. The van der Waals surface area contributed by atoms with Crippen LogP contribution in [0.4, 0.5) is 5.69 Å². The largest absolute Gasteiger partial charge is 0.496 e. The van der Waals surface area contributed by atoms with E-state index in [1.165, 1.54) is 42.4 Å². The number of aryl methyl sites for hydroxylation is 3. The number of anilines is 1. The summed E-state index contributed by atoms with van der Waals surface area (Å²) in [7, 11) is 3.77. The van der Waals surface area contributed by atoms with E-state index in [0.29, 0.717) is 0 Å². The van der Waals surface area contributed by atoms with E-state index in [9.17, 15) is 0 Å². The monoisotopic (exact) mass is 481 g/mol. The first-order chi connectivity index (χ1) is 17.6. The van der Waals surface area contributed by atoms with Gasteiger partial charge in [-0.3, -0.25) is 0 Å². The molecule has 0 bridgehead atoms. The van der Waals surface area contributed by atoms with Crippen molar-refractivity contribution >= 4 is 5.69 Å². The summed E-state index contributed by atoms with van der Waals surface area (Å²) < 4.78 is 7.73. The molecule has 0 aliphatic rings. The molecule has 0 spiro atoms. The second-order valence-electron chi connectivity index (χ2n) is 9.52. The maximum Gasteiger partial charge on any atom is 0.136 e. The third kappa shape index (κ3) is 6.17. The van der Waals surface area contributed by atoms with Crippen molar-refractivity contribution in [2.45, 2.75) is 58.4 Å². The van der Waals surface area contributed by atoms with Crippen molar-refractivity contribution in [3.05, 3.63) is 102 Å². The van der Waals surface area contributed by atoms with E-state index in [0.717, 1.165) is 41.4 Å². The Morgan fingerprint density at radius 2 is 1.44 bits per heavy atom. The minimum Gasteiger partial charge on any atom is -0.496 e. The fraction of sp³-hybridized carbons (Fsp3) is 0.344. The summed E-state index contributed by atoms with van der Waals surface area (Å²) in [6, 6.07) is 25.8. The average Bonchev–Trinajstić information content (AvgIpc) is 3.31. The molecule has 0 amide bonds. The zero-order valence-electron chi connectivity index (χ0n) is 22.1. The third-order valence-electron chi connectivity index (χ3n) is 6.77. The van der Waals surface area contributed by atoms with Crippen LogP contribution in [0.15, 0.2) is 79.0 Å². The molecule has 188 valence electrons. The molecule has 1 aromatic heterocycles. The number of aromatic nitrogens is 2. The van der Waals surface area contributed by atoms with E-state index in [2.05, 4.69) is 91.6 Å². The highest BCUT2D eigenvalue weighted by Crippen LogP contribution is 2.32. The van der Waals surface area contributed by atoms with Gasteiger partial charge in [0.05, 0.1) is 12.8 Å². The molecule has 0 fully saturated rings. The van der Waals surface area contributed by atoms with Crippen molar-refractivity contribution in [2.75, 3.05) is 12.4 Å². The quantitative estimate of drug-likeness (QED) is 0.223. The third-order valence-corrected chi connectivity index (χ3v) is 6.77. The highest BCUT2D eigenvalue weighted by Gasteiger charge is 2.21. The Hall–Kier alpha value is -3.53. The van der Waals surface area contributed by atoms with Crippen LogP contribution in [-0.2, 0) is 19.9 Å². The predicted octanol–water partition coefficient (Wildman–Crippen LogP) is 7.98. The molecule has 4 nitrogen and oxygen atoms in total. The molecule has 0 saturated heterocycles. The van der Waals surface area contributed by atoms with Crippen LogP contribution in [0.2, 0.25) is 0 Å². The first-order valence-corrected chi connectivity index (χ1v) is 13.2. The van der Waals surface area contributed by atoms with E-state index < -0.39 is 0 Å². The molecule has 0 radical (unpaired) electrons. The van der Waals surface area contributed by atoms with Crippen LogP contribution in [0.3, 0.4) is 0 Å². The molecule has 4 heteroatoms. The highest BCUT2D eigenvalue weighted by atomic mass is 16.5. The number of nitrogens with zero attached hydrogens (tertiary/aromatic N) is 2. The molecule has 4 rings (SSSR count). The first kappa shape index (κ1) is 25.6. The van der Waals surface area contributed by atoms with Gasteiger partial charge < -0.3 is 14.6 Å². The van der Waals surface area contributed by atoms with Gasteiger partial charge >= 0.3 is 0 Å². The smallest absolute Gasteiger partial charge is 0.136 e. The number of benzene rings is 3. The topological polar surface area (TPSA) is 39.1 Å². The summed E-state index contributed by atoms with van der Waals surface area (Å²) in [5, 5.41) is 3.78. The Morgan fingerprint density at radius 3 is 2.06 bits per heavy atom. The standard InChI is InChI=1S/C32H39N3O/c1-5-7-11-24-15-19-26(20-16-24)31(33-27-21-17-25(18-22-27)12-8-6-2)32-34-29(23-35(32)3)28-13-9-10-14-30(28)36-4/h9-10,13-23,31,33H,5-8,11-12H2,1-4H3. The van der Waals surface area contributed by atoms with Gasteiger partial charge in [-0.2, -0.15) is 0 Å². The highest BCUT2D eigenvalue weighted by molar-refractivity contribution is 5.67. The van der Waals surface area contributed by atoms with Crippen molar-refractivity contribution in [3.8, 4) is 17.0 Å². The van der Waals surface area contributed by atoms with Gasteiger partial charge in [0.1, 0.15) is 17.6 Å². The number of rotatable bonds is 12. The lowest BCUT2D eigenvalue weighted by Gasteiger charge is -2.21. The molecule has 1 N–H and O–H groups in total. The number of hydrogen-bond acceptors (Lipinski definition) is 3. The minimum absolute atomic E-state index is 0.0832. The number of para-hydroxylation sites is 1. The Labute approximate surface area is 216 Å². The van der Waals surface area contributed by atoms with E-state index in [1.54, 1.807) is 7.11 Å². The molecule has 1 unspecified atom stereocenters. The van der Waals surface area contributed by atoms with Crippen LogP contribution < -0.4 is 10.1 Å². The fourth-order valence-electron chi connectivity index (χ4n) is 4.60. The average molecular weight is 482 g/mol. The van der Waals surface area contributed by atoms with Gasteiger partial charge in [-0.05, 0) is 66.6 Å². The van der Waals surface area contributed by atoms with Crippen molar-refractivity contribution < 1.29 is 4.74 Å². The van der Waals surface area contributed by atoms with E-state index in [1.807, 2.05) is 18.2 Å². The Balaban J connectivity index is 1.68. The molecule has 1 atom stereocenters. The molecule has 4 aromatic rings. The van der Waals surface area contributed by atoms with Crippen LogP contribution in [0.1, 0.15) is 68.1 Å². The Bertz CT molecular complexity index is 1230. The Morgan fingerprint density at radius 1 is 0.833 bits per heavy atom. The van der Waals surface area contributed by atoms with Gasteiger partial charge in [-0.1, -0.05) is 75.2 Å².